The topological polar surface area (TPSA) is 147 Å². The lowest BCUT2D eigenvalue weighted by molar-refractivity contribution is -0.144. The van der Waals surface area contributed by atoms with Gasteiger partial charge >= 0.3 is 5.97 Å². The number of nitrogens with two attached hydrogens (primary N) is 1. The number of carbonyl (C=O) groups is 2. The van der Waals surface area contributed by atoms with Crippen LogP contribution in [0.4, 0.5) is 0 Å². The Morgan fingerprint density at radius 3 is 2.15 bits per heavy atom. The minimum Gasteiger partial charge on any atom is -0.480 e. The maximum atomic E-state index is 12.1. The van der Waals surface area contributed by atoms with Crippen LogP contribution >= 0.6 is 0 Å². The number of carbonyl (C=O) groups excluding carboxylic acids is 1. The van der Waals surface area contributed by atoms with Crippen molar-refractivity contribution in [3.8, 4) is 0 Å². The molecule has 0 fully saturated rings. The van der Waals surface area contributed by atoms with Gasteiger partial charge in [-0.15, -0.1) is 0 Å². The zero-order chi connectivity index (χ0) is 20.1. The maximum absolute atomic E-state index is 12.1. The Labute approximate surface area is 153 Å². The van der Waals surface area contributed by atoms with E-state index in [0.29, 0.717) is 5.56 Å². The molecular formula is C17H26N2O6S. The van der Waals surface area contributed by atoms with Crippen LogP contribution in [0.25, 0.3) is 0 Å². The molecule has 1 aromatic rings. The molecule has 0 saturated heterocycles. The van der Waals surface area contributed by atoms with Gasteiger partial charge in [-0.05, 0) is 36.5 Å². The van der Waals surface area contributed by atoms with Crippen molar-refractivity contribution in [1.29, 1.82) is 0 Å². The summed E-state index contributed by atoms with van der Waals surface area (Å²) in [7, 11) is -3.31. The summed E-state index contributed by atoms with van der Waals surface area (Å²) in [5.41, 5.74) is 6.50. The molecule has 0 spiro atoms. The first-order valence-corrected chi connectivity index (χ1v) is 10.1. The molecule has 9 heteroatoms. The minimum absolute atomic E-state index is 0.0515. The van der Waals surface area contributed by atoms with Crippen LogP contribution in [0, 0.1) is 5.92 Å². The second-order valence-electron chi connectivity index (χ2n) is 6.76. The van der Waals surface area contributed by atoms with Crippen molar-refractivity contribution in [1.82, 2.24) is 5.32 Å². The Morgan fingerprint density at radius 2 is 1.73 bits per heavy atom. The molecule has 0 heterocycles. The zero-order valence-electron chi connectivity index (χ0n) is 15.0. The monoisotopic (exact) mass is 386 g/mol. The van der Waals surface area contributed by atoms with Gasteiger partial charge in [0.15, 0.2) is 9.84 Å². The van der Waals surface area contributed by atoms with Crippen molar-refractivity contribution < 1.29 is 28.2 Å². The number of aliphatic hydroxyl groups excluding tert-OH is 1. The van der Waals surface area contributed by atoms with E-state index in [1.54, 1.807) is 12.1 Å². The zero-order valence-corrected chi connectivity index (χ0v) is 15.9. The predicted molar refractivity (Wildman–Crippen MR) is 96.3 cm³/mol. The van der Waals surface area contributed by atoms with Gasteiger partial charge in [0.1, 0.15) is 12.1 Å². The van der Waals surface area contributed by atoms with E-state index in [1.807, 2.05) is 13.8 Å². The van der Waals surface area contributed by atoms with Crippen LogP contribution in [0.2, 0.25) is 0 Å². The molecule has 146 valence electrons. The van der Waals surface area contributed by atoms with Gasteiger partial charge in [0.25, 0.3) is 5.91 Å². The lowest BCUT2D eigenvalue weighted by atomic mass is 10.00. The molecule has 0 aliphatic carbocycles. The summed E-state index contributed by atoms with van der Waals surface area (Å²) < 4.78 is 22.9. The normalized spacial score (nSPS) is 15.3. The van der Waals surface area contributed by atoms with Gasteiger partial charge in [-0.2, -0.15) is 0 Å². The average Bonchev–Trinajstić information content (AvgIpc) is 2.52. The molecular weight excluding hydrogens is 360 g/mol. The number of rotatable bonds is 9. The standard InChI is InChI=1S/C17H26N2O6S/c1-10(2)8-14(17(22)23)19-16(21)15(20)13(18)9-11-4-6-12(7-5-11)26(3,24)25/h4-7,10,13-15,20H,8-9,18H2,1-3H3,(H,19,21)(H,22,23)/t13-,14+,15+/m1/s1. The van der Waals surface area contributed by atoms with Crippen LogP contribution in [0.5, 0.6) is 0 Å². The van der Waals surface area contributed by atoms with Crippen LogP contribution in [0.15, 0.2) is 29.2 Å². The number of amides is 1. The first kappa shape index (κ1) is 22.1. The van der Waals surface area contributed by atoms with Gasteiger partial charge in [0, 0.05) is 12.3 Å². The summed E-state index contributed by atoms with van der Waals surface area (Å²) in [6.07, 6.45) is -0.132. The lowest BCUT2D eigenvalue weighted by Crippen LogP contribution is -2.52. The number of carboxylic acids is 1. The van der Waals surface area contributed by atoms with Gasteiger partial charge < -0.3 is 21.3 Å². The van der Waals surface area contributed by atoms with Crippen LogP contribution in [-0.4, -0.2) is 55.0 Å². The molecule has 0 radical (unpaired) electrons. The summed E-state index contributed by atoms with van der Waals surface area (Å²) in [6, 6.07) is 3.89. The summed E-state index contributed by atoms with van der Waals surface area (Å²) in [5.74, 6) is -1.97. The Morgan fingerprint density at radius 1 is 1.19 bits per heavy atom. The van der Waals surface area contributed by atoms with Crippen molar-refractivity contribution in [2.24, 2.45) is 11.7 Å². The van der Waals surface area contributed by atoms with Gasteiger partial charge in [-0.3, -0.25) is 4.79 Å². The van der Waals surface area contributed by atoms with Crippen molar-refractivity contribution in [2.45, 2.75) is 49.8 Å². The first-order valence-electron chi connectivity index (χ1n) is 8.17. The van der Waals surface area contributed by atoms with Crippen molar-refractivity contribution in [3.63, 3.8) is 0 Å². The third-order valence-electron chi connectivity index (χ3n) is 3.82. The fourth-order valence-electron chi connectivity index (χ4n) is 2.40. The number of hydrogen-bond donors (Lipinski definition) is 4. The number of carboxylic acid groups (broad SMARTS) is 1. The average molecular weight is 386 g/mol. The van der Waals surface area contributed by atoms with E-state index in [2.05, 4.69) is 5.32 Å². The minimum atomic E-state index is -3.31. The molecule has 0 unspecified atom stereocenters. The summed E-state index contributed by atoms with van der Waals surface area (Å²) in [6.45, 7) is 3.65. The van der Waals surface area contributed by atoms with E-state index in [9.17, 15) is 23.1 Å². The Balaban J connectivity index is 2.72. The highest BCUT2D eigenvalue weighted by Crippen LogP contribution is 2.12. The van der Waals surface area contributed by atoms with Gasteiger partial charge in [-0.1, -0.05) is 26.0 Å². The third-order valence-corrected chi connectivity index (χ3v) is 4.95. The van der Waals surface area contributed by atoms with Gasteiger partial charge in [0.2, 0.25) is 0 Å². The first-order chi connectivity index (χ1) is 11.9. The van der Waals surface area contributed by atoms with Gasteiger partial charge in [-0.25, -0.2) is 13.2 Å². The fraction of sp³-hybridized carbons (Fsp3) is 0.529. The molecule has 0 aromatic heterocycles. The Kier molecular flexibility index (Phi) is 7.73. The molecule has 26 heavy (non-hydrogen) atoms. The molecule has 0 saturated carbocycles. The molecule has 1 rings (SSSR count). The lowest BCUT2D eigenvalue weighted by Gasteiger charge is -2.22. The summed E-state index contributed by atoms with van der Waals surface area (Å²) in [5, 5.41) is 21.5. The summed E-state index contributed by atoms with van der Waals surface area (Å²) >= 11 is 0. The van der Waals surface area contributed by atoms with E-state index in [1.165, 1.54) is 12.1 Å². The van der Waals surface area contributed by atoms with E-state index in [0.717, 1.165) is 6.26 Å². The highest BCUT2D eigenvalue weighted by Gasteiger charge is 2.28. The third kappa shape index (κ3) is 6.74. The maximum Gasteiger partial charge on any atom is 0.326 e. The van der Waals surface area contributed by atoms with Crippen LogP contribution in [0.3, 0.4) is 0 Å². The van der Waals surface area contributed by atoms with E-state index in [-0.39, 0.29) is 23.7 Å². The number of benzene rings is 1. The van der Waals surface area contributed by atoms with E-state index < -0.39 is 39.9 Å². The summed E-state index contributed by atoms with van der Waals surface area (Å²) in [4.78, 5) is 23.4. The molecule has 8 nitrogen and oxygen atoms in total. The molecule has 0 aliphatic rings. The van der Waals surface area contributed by atoms with Crippen molar-refractivity contribution in [3.05, 3.63) is 29.8 Å². The number of aliphatic carboxylic acids is 1. The SMILES string of the molecule is CC(C)C[C@H](NC(=O)[C@@H](O)[C@H](N)Cc1ccc(S(C)(=O)=O)cc1)C(=O)O. The van der Waals surface area contributed by atoms with E-state index in [4.69, 9.17) is 10.8 Å². The molecule has 5 N–H and O–H groups in total. The molecule has 3 atom stereocenters. The highest BCUT2D eigenvalue weighted by atomic mass is 32.2. The molecule has 1 aromatic carbocycles. The second kappa shape index (κ2) is 9.11. The van der Waals surface area contributed by atoms with Crippen LogP contribution < -0.4 is 11.1 Å². The number of nitrogens with one attached hydrogen (secondary N) is 1. The quantitative estimate of drug-likeness (QED) is 0.465. The Bertz CT molecular complexity index is 730. The van der Waals surface area contributed by atoms with Gasteiger partial charge in [0.05, 0.1) is 4.90 Å². The van der Waals surface area contributed by atoms with Crippen molar-refractivity contribution in [2.75, 3.05) is 6.26 Å². The predicted octanol–water partition coefficient (Wildman–Crippen LogP) is -0.0637. The second-order valence-corrected chi connectivity index (χ2v) is 8.77. The molecule has 1 amide bonds. The highest BCUT2D eigenvalue weighted by molar-refractivity contribution is 7.90. The fourth-order valence-corrected chi connectivity index (χ4v) is 3.03. The number of aliphatic hydroxyl groups is 1. The van der Waals surface area contributed by atoms with Crippen LogP contribution in [-0.2, 0) is 25.8 Å². The Hall–Kier alpha value is -1.97. The number of hydrogen-bond acceptors (Lipinski definition) is 6. The molecule has 0 bridgehead atoms. The largest absolute Gasteiger partial charge is 0.480 e. The number of sulfone groups is 1. The van der Waals surface area contributed by atoms with E-state index >= 15 is 0 Å². The van der Waals surface area contributed by atoms with Crippen molar-refractivity contribution >= 4 is 21.7 Å². The smallest absolute Gasteiger partial charge is 0.326 e. The van der Waals surface area contributed by atoms with Crippen LogP contribution in [0.1, 0.15) is 25.8 Å². The molecule has 0 aliphatic heterocycles.